The molecule has 128 valence electrons. The molecular formula is C19H17ClN2O3. The summed E-state index contributed by atoms with van der Waals surface area (Å²) >= 11 is 6.16. The van der Waals surface area contributed by atoms with Crippen LogP contribution in [0.1, 0.15) is 27.3 Å². The van der Waals surface area contributed by atoms with Crippen molar-refractivity contribution in [2.45, 2.75) is 20.1 Å². The zero-order chi connectivity index (χ0) is 17.8. The molecule has 0 radical (unpaired) electrons. The minimum absolute atomic E-state index is 0.0342. The van der Waals surface area contributed by atoms with E-state index in [0.29, 0.717) is 23.9 Å². The van der Waals surface area contributed by atoms with Gasteiger partial charge < -0.3 is 9.84 Å². The zero-order valence-corrected chi connectivity index (χ0v) is 14.4. The molecule has 0 aliphatic carbocycles. The topological polar surface area (TPSA) is 64.3 Å². The zero-order valence-electron chi connectivity index (χ0n) is 13.6. The molecule has 0 atom stereocenters. The first kappa shape index (κ1) is 17.0. The second-order valence-corrected chi connectivity index (χ2v) is 6.03. The third-order valence-electron chi connectivity index (χ3n) is 3.83. The van der Waals surface area contributed by atoms with E-state index in [-0.39, 0.29) is 5.69 Å². The third kappa shape index (κ3) is 4.00. The van der Waals surface area contributed by atoms with Crippen molar-refractivity contribution >= 4 is 17.6 Å². The Balaban J connectivity index is 1.79. The number of aryl methyl sites for hydroxylation is 1. The van der Waals surface area contributed by atoms with E-state index in [0.717, 1.165) is 16.8 Å². The quantitative estimate of drug-likeness (QED) is 0.720. The number of para-hydroxylation sites is 1. The Hall–Kier alpha value is -2.79. The van der Waals surface area contributed by atoms with E-state index in [1.54, 1.807) is 10.7 Å². The summed E-state index contributed by atoms with van der Waals surface area (Å²) in [4.78, 5) is 11.1. The fourth-order valence-corrected chi connectivity index (χ4v) is 2.67. The average molecular weight is 357 g/mol. The van der Waals surface area contributed by atoms with Crippen LogP contribution in [0.15, 0.2) is 54.6 Å². The Morgan fingerprint density at radius 2 is 1.84 bits per heavy atom. The fraction of sp³-hybridized carbons (Fsp3) is 0.158. The Bertz CT molecular complexity index is 905. The van der Waals surface area contributed by atoms with Crippen molar-refractivity contribution in [2.24, 2.45) is 0 Å². The molecule has 5 nitrogen and oxygen atoms in total. The van der Waals surface area contributed by atoms with Crippen LogP contribution in [0.3, 0.4) is 0 Å². The molecule has 0 saturated heterocycles. The fourth-order valence-electron chi connectivity index (χ4n) is 2.48. The van der Waals surface area contributed by atoms with E-state index in [1.807, 2.05) is 55.5 Å². The third-order valence-corrected chi connectivity index (χ3v) is 4.20. The summed E-state index contributed by atoms with van der Waals surface area (Å²) in [6.45, 7) is 2.61. The van der Waals surface area contributed by atoms with Crippen LogP contribution in [-0.2, 0) is 13.2 Å². The summed E-state index contributed by atoms with van der Waals surface area (Å²) < 4.78 is 7.58. The van der Waals surface area contributed by atoms with Crippen molar-refractivity contribution in [2.75, 3.05) is 0 Å². The average Bonchev–Trinajstić information content (AvgIpc) is 2.96. The van der Waals surface area contributed by atoms with Crippen LogP contribution in [0.25, 0.3) is 0 Å². The minimum Gasteiger partial charge on any atom is -0.488 e. The number of carboxylic acid groups (broad SMARTS) is 1. The van der Waals surface area contributed by atoms with Gasteiger partial charge in [0.15, 0.2) is 5.69 Å². The molecule has 1 aromatic heterocycles. The Morgan fingerprint density at radius 1 is 1.16 bits per heavy atom. The number of halogens is 1. The predicted octanol–water partition coefficient (Wildman–Crippen LogP) is 4.17. The monoisotopic (exact) mass is 356 g/mol. The van der Waals surface area contributed by atoms with Crippen LogP contribution >= 0.6 is 11.6 Å². The number of hydrogen-bond acceptors (Lipinski definition) is 3. The smallest absolute Gasteiger partial charge is 0.356 e. The lowest BCUT2D eigenvalue weighted by molar-refractivity contribution is 0.0689. The second kappa shape index (κ2) is 7.40. The lowest BCUT2D eigenvalue weighted by atomic mass is 10.2. The molecule has 6 heteroatoms. The van der Waals surface area contributed by atoms with Gasteiger partial charge in [-0.25, -0.2) is 4.79 Å². The van der Waals surface area contributed by atoms with E-state index >= 15 is 0 Å². The lowest BCUT2D eigenvalue weighted by Crippen LogP contribution is -2.07. The van der Waals surface area contributed by atoms with Crippen LogP contribution in [-0.4, -0.2) is 20.9 Å². The van der Waals surface area contributed by atoms with Gasteiger partial charge in [0.25, 0.3) is 0 Å². The minimum atomic E-state index is -1.04. The first-order valence-electron chi connectivity index (χ1n) is 7.76. The second-order valence-electron chi connectivity index (χ2n) is 5.62. The van der Waals surface area contributed by atoms with Gasteiger partial charge >= 0.3 is 5.97 Å². The van der Waals surface area contributed by atoms with Gasteiger partial charge in [-0.1, -0.05) is 48.0 Å². The first-order chi connectivity index (χ1) is 12.0. The molecule has 0 amide bonds. The van der Waals surface area contributed by atoms with Crippen LogP contribution in [0.2, 0.25) is 5.02 Å². The number of ether oxygens (including phenoxy) is 1. The number of aromatic carboxylic acids is 1. The molecule has 1 N–H and O–H groups in total. The van der Waals surface area contributed by atoms with E-state index in [4.69, 9.17) is 21.4 Å². The predicted molar refractivity (Wildman–Crippen MR) is 95.3 cm³/mol. The van der Waals surface area contributed by atoms with E-state index < -0.39 is 5.97 Å². The first-order valence-corrected chi connectivity index (χ1v) is 8.14. The molecule has 1 heterocycles. The molecule has 0 spiro atoms. The molecule has 2 aromatic carbocycles. The van der Waals surface area contributed by atoms with Crippen LogP contribution in [0.5, 0.6) is 5.75 Å². The molecular weight excluding hydrogens is 340 g/mol. The van der Waals surface area contributed by atoms with Gasteiger partial charge in [0.1, 0.15) is 12.4 Å². The summed E-state index contributed by atoms with van der Waals surface area (Å²) in [6, 6.07) is 16.7. The van der Waals surface area contributed by atoms with Crippen LogP contribution in [0, 0.1) is 6.92 Å². The molecule has 0 aliphatic rings. The largest absolute Gasteiger partial charge is 0.488 e. The van der Waals surface area contributed by atoms with Crippen LogP contribution < -0.4 is 4.74 Å². The summed E-state index contributed by atoms with van der Waals surface area (Å²) in [5.74, 6) is -0.320. The van der Waals surface area contributed by atoms with Crippen molar-refractivity contribution in [1.82, 2.24) is 9.78 Å². The summed E-state index contributed by atoms with van der Waals surface area (Å²) in [6.07, 6.45) is 0. The van der Waals surface area contributed by atoms with Gasteiger partial charge in [-0.3, -0.25) is 4.68 Å². The molecule has 0 unspecified atom stereocenters. The molecule has 0 saturated carbocycles. The van der Waals surface area contributed by atoms with E-state index in [1.165, 1.54) is 0 Å². The highest BCUT2D eigenvalue weighted by Crippen LogP contribution is 2.23. The molecule has 3 aromatic rings. The number of hydrogen-bond donors (Lipinski definition) is 1. The molecule has 0 fully saturated rings. The molecule has 0 aliphatic heterocycles. The summed E-state index contributed by atoms with van der Waals surface area (Å²) in [5.41, 5.74) is 2.63. The van der Waals surface area contributed by atoms with Crippen molar-refractivity contribution in [3.63, 3.8) is 0 Å². The Morgan fingerprint density at radius 3 is 2.52 bits per heavy atom. The number of rotatable bonds is 6. The Labute approximate surface area is 150 Å². The molecule has 0 bridgehead atoms. The van der Waals surface area contributed by atoms with Crippen molar-refractivity contribution in [1.29, 1.82) is 0 Å². The van der Waals surface area contributed by atoms with Crippen molar-refractivity contribution in [3.8, 4) is 5.75 Å². The number of carboxylic acids is 1. The molecule has 25 heavy (non-hydrogen) atoms. The van der Waals surface area contributed by atoms with Gasteiger partial charge in [0.05, 0.1) is 6.54 Å². The highest BCUT2D eigenvalue weighted by Gasteiger charge is 2.12. The van der Waals surface area contributed by atoms with E-state index in [9.17, 15) is 4.79 Å². The van der Waals surface area contributed by atoms with Crippen molar-refractivity contribution in [3.05, 3.63) is 82.1 Å². The lowest BCUT2D eigenvalue weighted by Gasteiger charge is -2.13. The maximum Gasteiger partial charge on any atom is 0.356 e. The van der Waals surface area contributed by atoms with E-state index in [2.05, 4.69) is 5.10 Å². The number of benzene rings is 2. The summed E-state index contributed by atoms with van der Waals surface area (Å²) in [5, 5.41) is 13.8. The maximum absolute atomic E-state index is 11.1. The van der Waals surface area contributed by atoms with Crippen LogP contribution in [0.4, 0.5) is 0 Å². The van der Waals surface area contributed by atoms with Gasteiger partial charge in [-0.15, -0.1) is 0 Å². The number of aromatic nitrogens is 2. The maximum atomic E-state index is 11.1. The molecule has 3 rings (SSSR count). The standard InChI is InChI=1S/C19H17ClN2O3/c1-13-10-17(19(23)24)21-22(13)11-14-6-3-5-9-18(14)25-12-15-7-2-4-8-16(15)20/h2-10H,11-12H2,1H3,(H,23,24). The highest BCUT2D eigenvalue weighted by atomic mass is 35.5. The van der Waals surface area contributed by atoms with Gasteiger partial charge in [0, 0.05) is 21.8 Å². The SMILES string of the molecule is Cc1cc(C(=O)O)nn1Cc1ccccc1OCc1ccccc1Cl. The van der Waals surface area contributed by atoms with Crippen molar-refractivity contribution < 1.29 is 14.6 Å². The summed E-state index contributed by atoms with van der Waals surface area (Å²) in [7, 11) is 0. The van der Waals surface area contributed by atoms with Gasteiger partial charge in [-0.2, -0.15) is 5.10 Å². The number of carbonyl (C=O) groups is 1. The number of nitrogens with zero attached hydrogens (tertiary/aromatic N) is 2. The normalized spacial score (nSPS) is 10.6. The Kier molecular flexibility index (Phi) is 5.05. The van der Waals surface area contributed by atoms with Gasteiger partial charge in [0.2, 0.25) is 0 Å². The van der Waals surface area contributed by atoms with Gasteiger partial charge in [-0.05, 0) is 25.1 Å². The highest BCUT2D eigenvalue weighted by molar-refractivity contribution is 6.31.